The average Bonchev–Trinajstić information content (AvgIpc) is 3.22. The number of aryl methyl sites for hydroxylation is 1. The van der Waals surface area contributed by atoms with Gasteiger partial charge in [-0.3, -0.25) is 0 Å². The van der Waals surface area contributed by atoms with Crippen LogP contribution in [0.15, 0.2) is 42.5 Å². The number of hydrogen-bond acceptors (Lipinski definition) is 2. The molecule has 2 heterocycles. The topological polar surface area (TPSA) is 57.4 Å². The SMILES string of the molecule is CCC(CC)(c1nc2ccccc2[nH]1)c1nc2c(C)cccc2[nH]1. The largest absolute Gasteiger partial charge is 0.341 e. The molecule has 2 aromatic carbocycles. The number of nitrogens with zero attached hydrogens (tertiary/aromatic N) is 2. The molecule has 0 fully saturated rings. The Balaban J connectivity index is 1.95. The van der Waals surface area contributed by atoms with Crippen LogP contribution in [0.2, 0.25) is 0 Å². The molecule has 2 aromatic heterocycles. The van der Waals surface area contributed by atoms with Gasteiger partial charge in [-0.15, -0.1) is 0 Å². The molecule has 24 heavy (non-hydrogen) atoms. The van der Waals surface area contributed by atoms with E-state index in [0.717, 1.165) is 46.6 Å². The van der Waals surface area contributed by atoms with Crippen molar-refractivity contribution in [2.24, 2.45) is 0 Å². The normalized spacial score (nSPS) is 12.3. The van der Waals surface area contributed by atoms with Gasteiger partial charge in [0, 0.05) is 0 Å². The van der Waals surface area contributed by atoms with Crippen LogP contribution >= 0.6 is 0 Å². The summed E-state index contributed by atoms with van der Waals surface area (Å²) in [7, 11) is 0. The van der Waals surface area contributed by atoms with Crippen molar-refractivity contribution in [2.45, 2.75) is 39.0 Å². The molecule has 0 aliphatic heterocycles. The Kier molecular flexibility index (Phi) is 3.41. The summed E-state index contributed by atoms with van der Waals surface area (Å²) in [4.78, 5) is 16.9. The van der Waals surface area contributed by atoms with Crippen LogP contribution in [0.25, 0.3) is 22.1 Å². The summed E-state index contributed by atoms with van der Waals surface area (Å²) in [5.74, 6) is 1.99. The first-order chi connectivity index (χ1) is 11.7. The van der Waals surface area contributed by atoms with Crippen LogP contribution in [0.4, 0.5) is 0 Å². The summed E-state index contributed by atoms with van der Waals surface area (Å²) in [6, 6.07) is 14.5. The van der Waals surface area contributed by atoms with Crippen molar-refractivity contribution in [1.29, 1.82) is 0 Å². The molecule has 122 valence electrons. The fourth-order valence-corrected chi connectivity index (χ4v) is 3.61. The van der Waals surface area contributed by atoms with Gasteiger partial charge in [-0.05, 0) is 43.5 Å². The van der Waals surface area contributed by atoms with E-state index in [1.54, 1.807) is 0 Å². The van der Waals surface area contributed by atoms with Crippen LogP contribution in [0.5, 0.6) is 0 Å². The van der Waals surface area contributed by atoms with Gasteiger partial charge in [0.05, 0.1) is 27.5 Å². The Bertz CT molecular complexity index is 972. The van der Waals surface area contributed by atoms with E-state index in [0.29, 0.717) is 0 Å². The van der Waals surface area contributed by atoms with Gasteiger partial charge in [0.25, 0.3) is 0 Å². The fraction of sp³-hybridized carbons (Fsp3) is 0.300. The molecule has 0 saturated heterocycles. The van der Waals surface area contributed by atoms with Crippen molar-refractivity contribution < 1.29 is 0 Å². The Hall–Kier alpha value is -2.62. The summed E-state index contributed by atoms with van der Waals surface area (Å²) in [5.41, 5.74) is 5.19. The van der Waals surface area contributed by atoms with Crippen molar-refractivity contribution in [3.63, 3.8) is 0 Å². The smallest absolute Gasteiger partial charge is 0.121 e. The predicted octanol–water partition coefficient (Wildman–Crippen LogP) is 4.85. The number of para-hydroxylation sites is 3. The third-order valence-corrected chi connectivity index (χ3v) is 5.22. The second-order valence-electron chi connectivity index (χ2n) is 6.45. The van der Waals surface area contributed by atoms with Crippen molar-refractivity contribution in [2.75, 3.05) is 0 Å². The van der Waals surface area contributed by atoms with Gasteiger partial charge in [0.2, 0.25) is 0 Å². The molecule has 0 amide bonds. The zero-order valence-electron chi connectivity index (χ0n) is 14.4. The van der Waals surface area contributed by atoms with E-state index < -0.39 is 0 Å². The lowest BCUT2D eigenvalue weighted by atomic mass is 9.80. The van der Waals surface area contributed by atoms with Crippen molar-refractivity contribution >= 4 is 22.1 Å². The van der Waals surface area contributed by atoms with E-state index in [1.165, 1.54) is 5.56 Å². The highest BCUT2D eigenvalue weighted by Gasteiger charge is 2.37. The first-order valence-corrected chi connectivity index (χ1v) is 8.59. The minimum absolute atomic E-state index is 0.232. The van der Waals surface area contributed by atoms with Crippen molar-refractivity contribution in [1.82, 2.24) is 19.9 Å². The maximum Gasteiger partial charge on any atom is 0.121 e. The average molecular weight is 318 g/mol. The highest BCUT2D eigenvalue weighted by molar-refractivity contribution is 5.79. The summed E-state index contributed by atoms with van der Waals surface area (Å²) in [6.07, 6.45) is 1.87. The number of H-pyrrole nitrogens is 2. The first kappa shape index (κ1) is 14.9. The molecule has 0 aliphatic carbocycles. The third kappa shape index (κ3) is 2.06. The molecule has 0 unspecified atom stereocenters. The molecule has 4 heteroatoms. The minimum atomic E-state index is -0.232. The van der Waals surface area contributed by atoms with E-state index in [4.69, 9.17) is 9.97 Å². The number of imidazole rings is 2. The number of nitrogens with one attached hydrogen (secondary N) is 2. The van der Waals surface area contributed by atoms with Crippen LogP contribution in [0.3, 0.4) is 0 Å². The van der Waals surface area contributed by atoms with Gasteiger partial charge < -0.3 is 9.97 Å². The molecule has 4 rings (SSSR count). The Labute approximate surface area is 141 Å². The Morgan fingerprint density at radius 1 is 0.833 bits per heavy atom. The van der Waals surface area contributed by atoms with Crippen molar-refractivity contribution in [3.05, 3.63) is 59.7 Å². The lowest BCUT2D eigenvalue weighted by Crippen LogP contribution is -2.29. The van der Waals surface area contributed by atoms with Gasteiger partial charge >= 0.3 is 0 Å². The monoisotopic (exact) mass is 318 g/mol. The molecule has 2 N–H and O–H groups in total. The molecule has 0 spiro atoms. The van der Waals surface area contributed by atoms with E-state index in [9.17, 15) is 0 Å². The van der Waals surface area contributed by atoms with Crippen LogP contribution in [-0.2, 0) is 5.41 Å². The van der Waals surface area contributed by atoms with E-state index in [2.05, 4.69) is 55.0 Å². The Morgan fingerprint density at radius 3 is 2.21 bits per heavy atom. The molecule has 0 aliphatic rings. The fourth-order valence-electron chi connectivity index (χ4n) is 3.61. The molecule has 0 radical (unpaired) electrons. The zero-order chi connectivity index (χ0) is 16.7. The quantitative estimate of drug-likeness (QED) is 0.565. The van der Waals surface area contributed by atoms with Gasteiger partial charge in [0.1, 0.15) is 11.6 Å². The molecule has 0 saturated carbocycles. The highest BCUT2D eigenvalue weighted by Crippen LogP contribution is 2.37. The van der Waals surface area contributed by atoms with Gasteiger partial charge in [-0.25, -0.2) is 9.97 Å². The van der Waals surface area contributed by atoms with Crippen molar-refractivity contribution in [3.8, 4) is 0 Å². The van der Waals surface area contributed by atoms with E-state index >= 15 is 0 Å². The summed E-state index contributed by atoms with van der Waals surface area (Å²) in [6.45, 7) is 6.52. The second kappa shape index (κ2) is 5.48. The van der Waals surface area contributed by atoms with Crippen LogP contribution < -0.4 is 0 Å². The first-order valence-electron chi connectivity index (χ1n) is 8.59. The van der Waals surface area contributed by atoms with Gasteiger partial charge in [-0.2, -0.15) is 0 Å². The van der Waals surface area contributed by atoms with Gasteiger partial charge in [0.15, 0.2) is 0 Å². The molecule has 0 atom stereocenters. The number of benzene rings is 2. The van der Waals surface area contributed by atoms with E-state index in [-0.39, 0.29) is 5.41 Å². The van der Waals surface area contributed by atoms with Gasteiger partial charge in [-0.1, -0.05) is 38.1 Å². The van der Waals surface area contributed by atoms with Crippen LogP contribution in [-0.4, -0.2) is 19.9 Å². The number of fused-ring (bicyclic) bond motifs is 2. The summed E-state index contributed by atoms with van der Waals surface area (Å²) in [5, 5.41) is 0. The molecule has 4 aromatic rings. The maximum absolute atomic E-state index is 4.96. The third-order valence-electron chi connectivity index (χ3n) is 5.22. The molecule has 0 bridgehead atoms. The maximum atomic E-state index is 4.96. The number of aromatic amines is 2. The van der Waals surface area contributed by atoms with Crippen LogP contribution in [0.1, 0.15) is 43.9 Å². The number of hydrogen-bond donors (Lipinski definition) is 2. The molecular formula is C20H22N4. The minimum Gasteiger partial charge on any atom is -0.341 e. The number of aromatic nitrogens is 4. The lowest BCUT2D eigenvalue weighted by Gasteiger charge is -2.27. The number of rotatable bonds is 4. The van der Waals surface area contributed by atoms with E-state index in [1.807, 2.05) is 18.2 Å². The predicted molar refractivity (Wildman–Crippen MR) is 98.3 cm³/mol. The standard InChI is InChI=1S/C20H22N4/c1-4-20(5-2,18-21-14-10-6-7-11-15(14)22-18)19-23-16-12-8-9-13(3)17(16)24-19/h6-12H,4-5H2,1-3H3,(H,21,22)(H,23,24). The van der Waals surface area contributed by atoms with Crippen LogP contribution in [0, 0.1) is 6.92 Å². The lowest BCUT2D eigenvalue weighted by molar-refractivity contribution is 0.432. The summed E-state index contributed by atoms with van der Waals surface area (Å²) >= 11 is 0. The highest BCUT2D eigenvalue weighted by atomic mass is 15.0. The zero-order valence-corrected chi connectivity index (χ0v) is 14.4. The summed E-state index contributed by atoms with van der Waals surface area (Å²) < 4.78 is 0. The molecular weight excluding hydrogens is 296 g/mol. The Morgan fingerprint density at radius 2 is 1.50 bits per heavy atom. The molecule has 4 nitrogen and oxygen atoms in total. The second-order valence-corrected chi connectivity index (χ2v) is 6.45.